The standard InChI is InChI=1S/C20H21FN6O2/c21-15-10-13(4-5-14(15)20(28)27-6-8-29-9-7-27)23-19-17-16(11-22-26-17)24-18(25-19)12-2-1-3-12/h4-5,10-12H,1-3,6-9H2,(H,22,26)(H,23,24,25). The Morgan fingerprint density at radius 2 is 2.07 bits per heavy atom. The summed E-state index contributed by atoms with van der Waals surface area (Å²) in [4.78, 5) is 23.4. The van der Waals surface area contributed by atoms with Gasteiger partial charge in [0.2, 0.25) is 0 Å². The molecule has 1 saturated heterocycles. The molecule has 0 bridgehead atoms. The molecule has 1 aliphatic heterocycles. The van der Waals surface area contributed by atoms with E-state index in [0.717, 1.165) is 24.2 Å². The van der Waals surface area contributed by atoms with Crippen molar-refractivity contribution in [3.05, 3.63) is 41.6 Å². The molecule has 0 spiro atoms. The first-order valence-electron chi connectivity index (χ1n) is 9.83. The van der Waals surface area contributed by atoms with Gasteiger partial charge in [0, 0.05) is 24.7 Å². The van der Waals surface area contributed by atoms with Gasteiger partial charge >= 0.3 is 0 Å². The van der Waals surface area contributed by atoms with E-state index in [1.54, 1.807) is 17.2 Å². The van der Waals surface area contributed by atoms with E-state index in [-0.39, 0.29) is 11.5 Å². The molecule has 0 atom stereocenters. The highest BCUT2D eigenvalue weighted by atomic mass is 19.1. The van der Waals surface area contributed by atoms with Crippen LogP contribution in [0.25, 0.3) is 11.0 Å². The normalized spacial score (nSPS) is 17.3. The van der Waals surface area contributed by atoms with Crippen molar-refractivity contribution in [3.8, 4) is 0 Å². The van der Waals surface area contributed by atoms with Gasteiger partial charge in [-0.05, 0) is 31.0 Å². The fraction of sp³-hybridized carbons (Fsp3) is 0.400. The monoisotopic (exact) mass is 396 g/mol. The van der Waals surface area contributed by atoms with Crippen LogP contribution in [0.1, 0.15) is 41.4 Å². The molecule has 1 aliphatic carbocycles. The van der Waals surface area contributed by atoms with E-state index in [4.69, 9.17) is 4.74 Å². The number of rotatable bonds is 4. The maximum absolute atomic E-state index is 14.7. The number of aromatic nitrogens is 4. The highest BCUT2D eigenvalue weighted by Crippen LogP contribution is 2.36. The molecule has 9 heteroatoms. The molecule has 1 aromatic carbocycles. The summed E-state index contributed by atoms with van der Waals surface area (Å²) in [5.41, 5.74) is 1.96. The second kappa shape index (κ2) is 7.40. The molecule has 0 radical (unpaired) electrons. The number of ether oxygens (including phenoxy) is 1. The number of anilines is 2. The third-order valence-corrected chi connectivity index (χ3v) is 5.55. The number of amides is 1. The zero-order valence-electron chi connectivity index (χ0n) is 15.8. The van der Waals surface area contributed by atoms with E-state index in [2.05, 4.69) is 25.5 Å². The molecule has 8 nitrogen and oxygen atoms in total. The Labute approximate surface area is 166 Å². The van der Waals surface area contributed by atoms with Crippen molar-refractivity contribution in [3.63, 3.8) is 0 Å². The van der Waals surface area contributed by atoms with Gasteiger partial charge in [-0.25, -0.2) is 14.4 Å². The molecule has 5 rings (SSSR count). The lowest BCUT2D eigenvalue weighted by Gasteiger charge is -2.27. The predicted octanol–water partition coefficient (Wildman–Crippen LogP) is 2.98. The molecule has 2 fully saturated rings. The number of hydrogen-bond acceptors (Lipinski definition) is 6. The number of H-pyrrole nitrogens is 1. The summed E-state index contributed by atoms with van der Waals surface area (Å²) in [7, 11) is 0. The van der Waals surface area contributed by atoms with E-state index in [1.807, 2.05) is 0 Å². The van der Waals surface area contributed by atoms with E-state index < -0.39 is 5.82 Å². The van der Waals surface area contributed by atoms with Crippen LogP contribution in [0.2, 0.25) is 0 Å². The molecule has 1 saturated carbocycles. The maximum Gasteiger partial charge on any atom is 0.256 e. The van der Waals surface area contributed by atoms with E-state index >= 15 is 0 Å². The average molecular weight is 396 g/mol. The minimum absolute atomic E-state index is 0.0574. The topological polar surface area (TPSA) is 96.0 Å². The van der Waals surface area contributed by atoms with E-state index in [9.17, 15) is 9.18 Å². The van der Waals surface area contributed by atoms with Crippen molar-refractivity contribution in [1.29, 1.82) is 0 Å². The van der Waals surface area contributed by atoms with Gasteiger partial charge in [0.05, 0.1) is 25.0 Å². The molecule has 0 unspecified atom stereocenters. The minimum Gasteiger partial charge on any atom is -0.378 e. The van der Waals surface area contributed by atoms with Gasteiger partial charge in [-0.15, -0.1) is 0 Å². The smallest absolute Gasteiger partial charge is 0.256 e. The molecule has 1 amide bonds. The molecule has 2 aliphatic rings. The van der Waals surface area contributed by atoms with Gasteiger partial charge in [-0.1, -0.05) is 6.42 Å². The fourth-order valence-corrected chi connectivity index (χ4v) is 3.64. The summed E-state index contributed by atoms with van der Waals surface area (Å²) in [6.45, 7) is 1.90. The largest absolute Gasteiger partial charge is 0.378 e. The Balaban J connectivity index is 1.41. The van der Waals surface area contributed by atoms with Gasteiger partial charge in [-0.3, -0.25) is 9.89 Å². The second-order valence-corrected chi connectivity index (χ2v) is 7.41. The first-order valence-corrected chi connectivity index (χ1v) is 9.83. The summed E-state index contributed by atoms with van der Waals surface area (Å²) in [6, 6.07) is 4.51. The van der Waals surface area contributed by atoms with Crippen molar-refractivity contribution >= 4 is 28.4 Å². The lowest BCUT2D eigenvalue weighted by Crippen LogP contribution is -2.41. The molecule has 3 heterocycles. The highest BCUT2D eigenvalue weighted by molar-refractivity contribution is 5.95. The van der Waals surface area contributed by atoms with Gasteiger partial charge < -0.3 is 15.0 Å². The second-order valence-electron chi connectivity index (χ2n) is 7.41. The first kappa shape index (κ1) is 18.0. The Morgan fingerprint density at radius 1 is 1.24 bits per heavy atom. The number of hydrogen-bond donors (Lipinski definition) is 2. The average Bonchev–Trinajstić information content (AvgIpc) is 3.16. The number of aromatic amines is 1. The van der Waals surface area contributed by atoms with Crippen molar-refractivity contribution in [1.82, 2.24) is 25.1 Å². The Morgan fingerprint density at radius 3 is 2.79 bits per heavy atom. The third kappa shape index (κ3) is 3.42. The van der Waals surface area contributed by atoms with Crippen LogP contribution >= 0.6 is 0 Å². The number of benzene rings is 1. The molecule has 3 aromatic rings. The van der Waals surface area contributed by atoms with Crippen LogP contribution in [0, 0.1) is 5.82 Å². The lowest BCUT2D eigenvalue weighted by atomic mass is 9.85. The Hall–Kier alpha value is -3.07. The molecular formula is C20H21FN6O2. The maximum atomic E-state index is 14.7. The zero-order valence-corrected chi connectivity index (χ0v) is 15.8. The van der Waals surface area contributed by atoms with Crippen LogP contribution in [-0.2, 0) is 4.74 Å². The molecule has 2 N–H and O–H groups in total. The van der Waals surface area contributed by atoms with Crippen LogP contribution in [-0.4, -0.2) is 57.3 Å². The van der Waals surface area contributed by atoms with Crippen molar-refractivity contribution < 1.29 is 13.9 Å². The third-order valence-electron chi connectivity index (χ3n) is 5.55. The summed E-state index contributed by atoms with van der Waals surface area (Å²) in [5, 5.41) is 10.1. The first-order chi connectivity index (χ1) is 14.2. The van der Waals surface area contributed by atoms with Crippen molar-refractivity contribution in [2.75, 3.05) is 31.6 Å². The summed E-state index contributed by atoms with van der Waals surface area (Å²) in [5.74, 6) is 0.816. The molecule has 29 heavy (non-hydrogen) atoms. The Bertz CT molecular complexity index is 1060. The van der Waals surface area contributed by atoms with Gasteiger partial charge in [0.25, 0.3) is 5.91 Å². The SMILES string of the molecule is O=C(c1ccc(Nc2nc(C3CCC3)nc3cn[nH]c23)cc1F)N1CCOCC1. The fourth-order valence-electron chi connectivity index (χ4n) is 3.64. The predicted molar refractivity (Wildman–Crippen MR) is 105 cm³/mol. The number of nitrogens with one attached hydrogen (secondary N) is 2. The molecule has 2 aromatic heterocycles. The van der Waals surface area contributed by atoms with Crippen LogP contribution in [0.4, 0.5) is 15.9 Å². The number of morpholine rings is 1. The number of fused-ring (bicyclic) bond motifs is 1. The number of halogens is 1. The summed E-state index contributed by atoms with van der Waals surface area (Å²) < 4.78 is 20.0. The van der Waals surface area contributed by atoms with Gasteiger partial charge in [-0.2, -0.15) is 5.10 Å². The quantitative estimate of drug-likeness (QED) is 0.704. The van der Waals surface area contributed by atoms with Crippen LogP contribution in [0.15, 0.2) is 24.4 Å². The van der Waals surface area contributed by atoms with Crippen LogP contribution in [0.3, 0.4) is 0 Å². The lowest BCUT2D eigenvalue weighted by molar-refractivity contribution is 0.0300. The van der Waals surface area contributed by atoms with E-state index in [1.165, 1.54) is 18.6 Å². The summed E-state index contributed by atoms with van der Waals surface area (Å²) in [6.07, 6.45) is 5.00. The summed E-state index contributed by atoms with van der Waals surface area (Å²) >= 11 is 0. The van der Waals surface area contributed by atoms with Gasteiger partial charge in [0.1, 0.15) is 22.7 Å². The number of carbonyl (C=O) groups is 1. The zero-order chi connectivity index (χ0) is 19.8. The Kier molecular flexibility index (Phi) is 4.59. The highest BCUT2D eigenvalue weighted by Gasteiger charge is 2.25. The number of nitrogens with zero attached hydrogens (tertiary/aromatic N) is 4. The number of carbonyl (C=O) groups excluding carboxylic acids is 1. The molecular weight excluding hydrogens is 375 g/mol. The van der Waals surface area contributed by atoms with Crippen molar-refractivity contribution in [2.24, 2.45) is 0 Å². The van der Waals surface area contributed by atoms with E-state index in [0.29, 0.717) is 49.2 Å². The van der Waals surface area contributed by atoms with Crippen LogP contribution < -0.4 is 5.32 Å². The molecule has 150 valence electrons. The van der Waals surface area contributed by atoms with Crippen molar-refractivity contribution in [2.45, 2.75) is 25.2 Å². The van der Waals surface area contributed by atoms with Crippen LogP contribution in [0.5, 0.6) is 0 Å². The van der Waals surface area contributed by atoms with Gasteiger partial charge in [0.15, 0.2) is 5.82 Å². The minimum atomic E-state index is -0.569.